The van der Waals surface area contributed by atoms with Gasteiger partial charge in [0.15, 0.2) is 11.6 Å². The zero-order valence-electron chi connectivity index (χ0n) is 10.2. The number of hydrogen-bond donors (Lipinski definition) is 1. The molecule has 3 aromatic rings. The maximum Gasteiger partial charge on any atom is 0.293 e. The third kappa shape index (κ3) is 1.78. The minimum absolute atomic E-state index is 0.347. The highest BCUT2D eigenvalue weighted by Crippen LogP contribution is 2.27. The molecule has 0 bridgehead atoms. The van der Waals surface area contributed by atoms with E-state index in [9.17, 15) is 0 Å². The van der Waals surface area contributed by atoms with Crippen molar-refractivity contribution >= 4 is 11.0 Å². The molecule has 0 saturated carbocycles. The van der Waals surface area contributed by atoms with E-state index in [1.54, 1.807) is 0 Å². The van der Waals surface area contributed by atoms with Crippen LogP contribution in [0.3, 0.4) is 0 Å². The van der Waals surface area contributed by atoms with Gasteiger partial charge in [0.05, 0.1) is 5.54 Å². The third-order valence-corrected chi connectivity index (χ3v) is 2.64. The second-order valence-corrected chi connectivity index (χ2v) is 4.79. The molecule has 2 aromatic heterocycles. The number of furan rings is 1. The van der Waals surface area contributed by atoms with Crippen molar-refractivity contribution in [2.75, 3.05) is 0 Å². The quantitative estimate of drug-likeness (QED) is 0.748. The van der Waals surface area contributed by atoms with Gasteiger partial charge in [0.1, 0.15) is 5.58 Å². The van der Waals surface area contributed by atoms with Crippen LogP contribution in [0.4, 0.5) is 0 Å². The number of fused-ring (bicyclic) bond motifs is 1. The predicted octanol–water partition coefficient (Wildman–Crippen LogP) is 2.68. The lowest BCUT2D eigenvalue weighted by molar-refractivity contribution is 0.390. The first-order valence-corrected chi connectivity index (χ1v) is 5.66. The molecule has 3 rings (SSSR count). The summed E-state index contributed by atoms with van der Waals surface area (Å²) in [5.74, 6) is 1.36. The van der Waals surface area contributed by atoms with Gasteiger partial charge in [-0.15, -0.1) is 0 Å². The second-order valence-electron chi connectivity index (χ2n) is 4.79. The van der Waals surface area contributed by atoms with Gasteiger partial charge in [0.2, 0.25) is 0 Å². The van der Waals surface area contributed by atoms with Gasteiger partial charge in [-0.1, -0.05) is 23.4 Å². The highest BCUT2D eigenvalue weighted by molar-refractivity contribution is 5.81. The highest BCUT2D eigenvalue weighted by atomic mass is 16.5. The largest absolute Gasteiger partial charge is 0.451 e. The second kappa shape index (κ2) is 3.68. The molecule has 2 N–H and O–H groups in total. The monoisotopic (exact) mass is 243 g/mol. The number of nitrogens with zero attached hydrogens (tertiary/aromatic N) is 2. The lowest BCUT2D eigenvalue weighted by Crippen LogP contribution is -2.30. The number of hydrogen-bond acceptors (Lipinski definition) is 5. The molecule has 1 aromatic carbocycles. The Morgan fingerprint density at radius 3 is 2.67 bits per heavy atom. The summed E-state index contributed by atoms with van der Waals surface area (Å²) in [5.41, 5.74) is 6.07. The molecule has 0 atom stereocenters. The predicted molar refractivity (Wildman–Crippen MR) is 66.7 cm³/mol. The van der Waals surface area contributed by atoms with E-state index < -0.39 is 5.54 Å². The summed E-state index contributed by atoms with van der Waals surface area (Å²) < 4.78 is 10.8. The number of aromatic nitrogens is 2. The van der Waals surface area contributed by atoms with E-state index in [2.05, 4.69) is 10.1 Å². The molecule has 0 radical (unpaired) electrons. The number of benzene rings is 1. The molecule has 5 nitrogen and oxygen atoms in total. The van der Waals surface area contributed by atoms with Crippen LogP contribution in [-0.2, 0) is 5.54 Å². The summed E-state index contributed by atoms with van der Waals surface area (Å²) >= 11 is 0. The van der Waals surface area contributed by atoms with Crippen molar-refractivity contribution < 1.29 is 8.94 Å². The van der Waals surface area contributed by atoms with Crippen molar-refractivity contribution in [3.8, 4) is 11.7 Å². The van der Waals surface area contributed by atoms with Crippen LogP contribution < -0.4 is 5.73 Å². The fourth-order valence-electron chi connectivity index (χ4n) is 1.67. The Bertz CT molecular complexity index is 658. The molecule has 0 unspecified atom stereocenters. The highest BCUT2D eigenvalue weighted by Gasteiger charge is 2.23. The maximum atomic E-state index is 5.91. The standard InChI is InChI=1S/C13H13N3O2/c1-13(2,14)12-15-11(18-16-12)10-7-8-5-3-4-6-9(8)17-10/h3-7H,14H2,1-2H3. The van der Waals surface area contributed by atoms with Crippen LogP contribution >= 0.6 is 0 Å². The first-order chi connectivity index (χ1) is 8.54. The van der Waals surface area contributed by atoms with Crippen molar-refractivity contribution in [3.63, 3.8) is 0 Å². The van der Waals surface area contributed by atoms with Crippen LogP contribution in [-0.4, -0.2) is 10.1 Å². The third-order valence-electron chi connectivity index (χ3n) is 2.64. The SMILES string of the molecule is CC(C)(N)c1noc(-c2cc3ccccc3o2)n1. The Hall–Kier alpha value is -2.14. The maximum absolute atomic E-state index is 5.91. The molecular weight excluding hydrogens is 230 g/mol. The van der Waals surface area contributed by atoms with Crippen LogP contribution in [0.15, 0.2) is 39.3 Å². The molecule has 0 aliphatic rings. The Morgan fingerprint density at radius 1 is 1.22 bits per heavy atom. The molecule has 18 heavy (non-hydrogen) atoms. The van der Waals surface area contributed by atoms with Crippen molar-refractivity contribution in [3.05, 3.63) is 36.2 Å². The first-order valence-electron chi connectivity index (χ1n) is 5.66. The minimum atomic E-state index is -0.631. The molecule has 0 aliphatic heterocycles. The number of nitrogens with two attached hydrogens (primary N) is 1. The smallest absolute Gasteiger partial charge is 0.293 e. The van der Waals surface area contributed by atoms with E-state index in [-0.39, 0.29) is 0 Å². The zero-order valence-corrected chi connectivity index (χ0v) is 10.2. The van der Waals surface area contributed by atoms with Crippen LogP contribution in [0.25, 0.3) is 22.6 Å². The van der Waals surface area contributed by atoms with Gasteiger partial charge in [-0.3, -0.25) is 0 Å². The fourth-order valence-corrected chi connectivity index (χ4v) is 1.67. The summed E-state index contributed by atoms with van der Waals surface area (Å²) in [4.78, 5) is 4.25. The summed E-state index contributed by atoms with van der Waals surface area (Å²) in [6.45, 7) is 3.64. The molecule has 5 heteroatoms. The number of para-hydroxylation sites is 1. The van der Waals surface area contributed by atoms with Crippen LogP contribution in [0.5, 0.6) is 0 Å². The number of rotatable bonds is 2. The van der Waals surface area contributed by atoms with Gasteiger partial charge in [0.25, 0.3) is 5.89 Å². The Labute approximate surface area is 104 Å². The lowest BCUT2D eigenvalue weighted by Gasteiger charge is -2.11. The van der Waals surface area contributed by atoms with Crippen molar-refractivity contribution in [1.82, 2.24) is 10.1 Å². The Kier molecular flexibility index (Phi) is 2.24. The molecular formula is C13H13N3O2. The molecule has 0 spiro atoms. The van der Waals surface area contributed by atoms with E-state index in [4.69, 9.17) is 14.7 Å². The topological polar surface area (TPSA) is 78.1 Å². The molecule has 2 heterocycles. The van der Waals surface area contributed by atoms with Gasteiger partial charge < -0.3 is 14.7 Å². The molecule has 0 aliphatic carbocycles. The van der Waals surface area contributed by atoms with Crippen molar-refractivity contribution in [2.24, 2.45) is 5.73 Å². The summed E-state index contributed by atoms with van der Waals surface area (Å²) in [7, 11) is 0. The molecule has 0 saturated heterocycles. The lowest BCUT2D eigenvalue weighted by atomic mass is 10.1. The summed E-state index contributed by atoms with van der Waals surface area (Å²) in [5, 5.41) is 4.86. The first kappa shape index (κ1) is 11.0. The van der Waals surface area contributed by atoms with E-state index in [0.29, 0.717) is 17.5 Å². The normalized spacial score (nSPS) is 12.2. The van der Waals surface area contributed by atoms with E-state index >= 15 is 0 Å². The minimum Gasteiger partial charge on any atom is -0.451 e. The van der Waals surface area contributed by atoms with Crippen LogP contribution in [0, 0.1) is 0 Å². The van der Waals surface area contributed by atoms with E-state index in [1.165, 1.54) is 0 Å². The van der Waals surface area contributed by atoms with E-state index in [0.717, 1.165) is 11.0 Å². The Balaban J connectivity index is 2.06. The van der Waals surface area contributed by atoms with Gasteiger partial charge in [-0.05, 0) is 26.0 Å². The van der Waals surface area contributed by atoms with Gasteiger partial charge in [-0.25, -0.2) is 0 Å². The van der Waals surface area contributed by atoms with Crippen LogP contribution in [0.1, 0.15) is 19.7 Å². The van der Waals surface area contributed by atoms with Gasteiger partial charge in [0, 0.05) is 5.39 Å². The average molecular weight is 243 g/mol. The molecule has 0 fully saturated rings. The zero-order chi connectivity index (χ0) is 12.8. The molecule has 0 amide bonds. The van der Waals surface area contributed by atoms with Gasteiger partial charge in [-0.2, -0.15) is 4.98 Å². The molecule has 92 valence electrons. The van der Waals surface area contributed by atoms with Gasteiger partial charge >= 0.3 is 0 Å². The fraction of sp³-hybridized carbons (Fsp3) is 0.231. The van der Waals surface area contributed by atoms with Crippen molar-refractivity contribution in [2.45, 2.75) is 19.4 Å². The van der Waals surface area contributed by atoms with E-state index in [1.807, 2.05) is 44.2 Å². The van der Waals surface area contributed by atoms with Crippen molar-refractivity contribution in [1.29, 1.82) is 0 Å². The summed E-state index contributed by atoms with van der Waals surface area (Å²) in [6, 6.07) is 9.59. The summed E-state index contributed by atoms with van der Waals surface area (Å²) in [6.07, 6.45) is 0. The van der Waals surface area contributed by atoms with Crippen LogP contribution in [0.2, 0.25) is 0 Å². The Morgan fingerprint density at radius 2 is 2.00 bits per heavy atom. The average Bonchev–Trinajstić information content (AvgIpc) is 2.94.